The average molecular weight is 197 g/mol. The van der Waals surface area contributed by atoms with E-state index in [9.17, 15) is 0 Å². The molecule has 4 atom stereocenters. The minimum Gasteiger partial charge on any atom is -0.380 e. The molecular weight excluding hydrogens is 174 g/mol. The van der Waals surface area contributed by atoms with Gasteiger partial charge in [-0.3, -0.25) is 0 Å². The van der Waals surface area contributed by atoms with Crippen LogP contribution in [0.1, 0.15) is 45.4 Å². The second kappa shape index (κ2) is 4.63. The van der Waals surface area contributed by atoms with Gasteiger partial charge in [-0.15, -0.1) is 0 Å². The van der Waals surface area contributed by atoms with Crippen LogP contribution in [0.2, 0.25) is 0 Å². The van der Waals surface area contributed by atoms with Crippen molar-refractivity contribution in [1.82, 2.24) is 5.32 Å². The molecule has 0 aromatic carbocycles. The van der Waals surface area contributed by atoms with E-state index in [0.29, 0.717) is 12.1 Å². The molecule has 0 radical (unpaired) electrons. The van der Waals surface area contributed by atoms with Crippen LogP contribution in [0.4, 0.5) is 0 Å². The van der Waals surface area contributed by atoms with Gasteiger partial charge in [0.2, 0.25) is 0 Å². The van der Waals surface area contributed by atoms with Crippen LogP contribution in [0.15, 0.2) is 0 Å². The Hall–Kier alpha value is -0.0800. The van der Waals surface area contributed by atoms with Crippen molar-refractivity contribution in [2.75, 3.05) is 7.11 Å². The Morgan fingerprint density at radius 3 is 2.36 bits per heavy atom. The molecule has 0 saturated heterocycles. The van der Waals surface area contributed by atoms with Crippen molar-refractivity contribution in [2.45, 2.75) is 63.6 Å². The number of nitrogens with one attached hydrogen (secondary N) is 1. The van der Waals surface area contributed by atoms with Crippen molar-refractivity contribution in [3.8, 4) is 0 Å². The summed E-state index contributed by atoms with van der Waals surface area (Å²) in [6.07, 6.45) is 8.54. The van der Waals surface area contributed by atoms with Crippen LogP contribution in [0.3, 0.4) is 0 Å². The van der Waals surface area contributed by atoms with Crippen molar-refractivity contribution in [3.05, 3.63) is 0 Å². The highest BCUT2D eigenvalue weighted by atomic mass is 16.5. The van der Waals surface area contributed by atoms with Crippen molar-refractivity contribution in [2.24, 2.45) is 5.92 Å². The molecule has 2 unspecified atom stereocenters. The van der Waals surface area contributed by atoms with Crippen LogP contribution in [-0.4, -0.2) is 25.3 Å². The molecule has 2 aliphatic carbocycles. The van der Waals surface area contributed by atoms with E-state index in [1.165, 1.54) is 38.5 Å². The molecule has 1 N–H and O–H groups in total. The Labute approximate surface area is 87.4 Å². The van der Waals surface area contributed by atoms with E-state index in [2.05, 4.69) is 12.2 Å². The van der Waals surface area contributed by atoms with E-state index in [-0.39, 0.29) is 0 Å². The average Bonchev–Trinajstić information content (AvgIpc) is 2.77. The summed E-state index contributed by atoms with van der Waals surface area (Å²) in [6, 6.07) is 1.39. The van der Waals surface area contributed by atoms with Gasteiger partial charge in [-0.05, 0) is 38.0 Å². The number of hydrogen-bond donors (Lipinski definition) is 1. The highest BCUT2D eigenvalue weighted by Crippen LogP contribution is 2.28. The third kappa shape index (κ3) is 2.12. The molecule has 14 heavy (non-hydrogen) atoms. The lowest BCUT2D eigenvalue weighted by atomic mass is 10.0. The molecular formula is C12H23NO. The second-order valence-electron chi connectivity index (χ2n) is 4.99. The largest absolute Gasteiger partial charge is 0.380 e. The van der Waals surface area contributed by atoms with Gasteiger partial charge in [0.1, 0.15) is 0 Å². The lowest BCUT2D eigenvalue weighted by Gasteiger charge is -2.26. The SMILES string of the molecule is CO[C@H]1CCC[C@@H]1NC1CCCC1C. The van der Waals surface area contributed by atoms with Crippen LogP contribution in [-0.2, 0) is 4.74 Å². The fraction of sp³-hybridized carbons (Fsp3) is 1.00. The molecule has 2 aliphatic rings. The third-order valence-corrected chi connectivity index (χ3v) is 4.04. The first kappa shape index (κ1) is 10.4. The Balaban J connectivity index is 1.83. The van der Waals surface area contributed by atoms with E-state index >= 15 is 0 Å². The predicted octanol–water partition coefficient (Wildman–Crippen LogP) is 2.33. The first-order chi connectivity index (χ1) is 6.81. The zero-order valence-electron chi connectivity index (χ0n) is 9.46. The molecule has 2 heteroatoms. The fourth-order valence-corrected chi connectivity index (χ4v) is 3.07. The van der Waals surface area contributed by atoms with Crippen molar-refractivity contribution in [1.29, 1.82) is 0 Å². The number of methoxy groups -OCH3 is 1. The standard InChI is InChI=1S/C12H23NO/c1-9-5-3-6-10(9)13-11-7-4-8-12(11)14-2/h9-13H,3-8H2,1-2H3/t9?,10?,11-,12-/m0/s1. The van der Waals surface area contributed by atoms with Gasteiger partial charge in [0.15, 0.2) is 0 Å². The summed E-state index contributed by atoms with van der Waals surface area (Å²) < 4.78 is 5.51. The number of hydrogen-bond acceptors (Lipinski definition) is 2. The van der Waals surface area contributed by atoms with Crippen LogP contribution in [0.5, 0.6) is 0 Å². The van der Waals surface area contributed by atoms with Gasteiger partial charge >= 0.3 is 0 Å². The molecule has 2 saturated carbocycles. The number of rotatable bonds is 3. The highest BCUT2D eigenvalue weighted by Gasteiger charge is 2.32. The summed E-state index contributed by atoms with van der Waals surface area (Å²) in [6.45, 7) is 2.38. The normalized spacial score (nSPS) is 43.3. The Morgan fingerprint density at radius 1 is 1.00 bits per heavy atom. The molecule has 0 aromatic heterocycles. The van der Waals surface area contributed by atoms with Crippen LogP contribution < -0.4 is 5.32 Å². The van der Waals surface area contributed by atoms with E-state index in [1.807, 2.05) is 7.11 Å². The molecule has 0 aromatic rings. The van der Waals surface area contributed by atoms with Crippen LogP contribution in [0.25, 0.3) is 0 Å². The van der Waals surface area contributed by atoms with Crippen LogP contribution >= 0.6 is 0 Å². The molecule has 2 fully saturated rings. The quantitative estimate of drug-likeness (QED) is 0.750. The molecule has 0 aliphatic heterocycles. The summed E-state index contributed by atoms with van der Waals surface area (Å²) in [7, 11) is 1.85. The highest BCUT2D eigenvalue weighted by molar-refractivity contribution is 4.90. The van der Waals surface area contributed by atoms with E-state index < -0.39 is 0 Å². The lowest BCUT2D eigenvalue weighted by molar-refractivity contribution is 0.0796. The zero-order chi connectivity index (χ0) is 9.97. The summed E-state index contributed by atoms with van der Waals surface area (Å²) >= 11 is 0. The smallest absolute Gasteiger partial charge is 0.0724 e. The first-order valence-electron chi connectivity index (χ1n) is 6.10. The lowest BCUT2D eigenvalue weighted by Crippen LogP contribution is -2.44. The predicted molar refractivity (Wildman–Crippen MR) is 58.4 cm³/mol. The van der Waals surface area contributed by atoms with Crippen molar-refractivity contribution < 1.29 is 4.74 Å². The Morgan fingerprint density at radius 2 is 1.71 bits per heavy atom. The summed E-state index contributed by atoms with van der Waals surface area (Å²) in [4.78, 5) is 0. The van der Waals surface area contributed by atoms with Gasteiger partial charge in [-0.2, -0.15) is 0 Å². The Bertz CT molecular complexity index is 183. The molecule has 0 bridgehead atoms. The zero-order valence-corrected chi connectivity index (χ0v) is 9.46. The topological polar surface area (TPSA) is 21.3 Å². The van der Waals surface area contributed by atoms with E-state index in [4.69, 9.17) is 4.74 Å². The van der Waals surface area contributed by atoms with Crippen molar-refractivity contribution in [3.63, 3.8) is 0 Å². The molecule has 0 heterocycles. The molecule has 2 rings (SSSR count). The van der Waals surface area contributed by atoms with Gasteiger partial charge in [0.25, 0.3) is 0 Å². The monoisotopic (exact) mass is 197 g/mol. The summed E-state index contributed by atoms with van der Waals surface area (Å²) in [5.41, 5.74) is 0. The maximum atomic E-state index is 5.51. The van der Waals surface area contributed by atoms with Crippen molar-refractivity contribution >= 4 is 0 Å². The van der Waals surface area contributed by atoms with E-state index in [0.717, 1.165) is 12.0 Å². The fourth-order valence-electron chi connectivity index (χ4n) is 3.07. The molecule has 82 valence electrons. The van der Waals surface area contributed by atoms with Gasteiger partial charge in [-0.25, -0.2) is 0 Å². The minimum atomic E-state index is 0.475. The molecule has 0 spiro atoms. The first-order valence-corrected chi connectivity index (χ1v) is 6.10. The second-order valence-corrected chi connectivity index (χ2v) is 4.99. The maximum Gasteiger partial charge on any atom is 0.0724 e. The molecule has 2 nitrogen and oxygen atoms in total. The third-order valence-electron chi connectivity index (χ3n) is 4.04. The Kier molecular flexibility index (Phi) is 3.45. The number of ether oxygens (including phenoxy) is 1. The molecule has 0 amide bonds. The van der Waals surface area contributed by atoms with Gasteiger partial charge in [0, 0.05) is 19.2 Å². The van der Waals surface area contributed by atoms with Gasteiger partial charge in [-0.1, -0.05) is 13.3 Å². The minimum absolute atomic E-state index is 0.475. The van der Waals surface area contributed by atoms with Gasteiger partial charge in [0.05, 0.1) is 6.10 Å². The van der Waals surface area contributed by atoms with E-state index in [1.54, 1.807) is 0 Å². The van der Waals surface area contributed by atoms with Gasteiger partial charge < -0.3 is 10.1 Å². The van der Waals surface area contributed by atoms with Crippen LogP contribution in [0, 0.1) is 5.92 Å². The maximum absolute atomic E-state index is 5.51. The summed E-state index contributed by atoms with van der Waals surface area (Å²) in [5, 5.41) is 3.80. The summed E-state index contributed by atoms with van der Waals surface area (Å²) in [5.74, 6) is 0.869.